The van der Waals surface area contributed by atoms with E-state index in [1.165, 1.54) is 32.1 Å². The van der Waals surface area contributed by atoms with Gasteiger partial charge >= 0.3 is 11.9 Å². The van der Waals surface area contributed by atoms with Crippen molar-refractivity contribution in [2.75, 3.05) is 13.2 Å². The van der Waals surface area contributed by atoms with Crippen molar-refractivity contribution in [2.45, 2.75) is 136 Å². The molecule has 5 nitrogen and oxygen atoms in total. The number of esters is 2. The summed E-state index contributed by atoms with van der Waals surface area (Å²) in [5.41, 5.74) is 0. The largest absolute Gasteiger partial charge is 0.462 e. The van der Waals surface area contributed by atoms with E-state index in [0.29, 0.717) is 12.8 Å². The zero-order valence-electron chi connectivity index (χ0n) is 26.7. The minimum absolute atomic E-state index is 0.0970. The number of carbonyl (C=O) groups excluding carboxylic acids is 2. The number of rotatable bonds is 28. The van der Waals surface area contributed by atoms with Crippen molar-refractivity contribution in [1.82, 2.24) is 0 Å². The van der Waals surface area contributed by atoms with Crippen molar-refractivity contribution < 1.29 is 24.2 Å². The Morgan fingerprint density at radius 1 is 0.571 bits per heavy atom. The van der Waals surface area contributed by atoms with Crippen molar-refractivity contribution in [2.24, 2.45) is 0 Å². The zero-order chi connectivity index (χ0) is 30.8. The molecule has 0 aliphatic heterocycles. The van der Waals surface area contributed by atoms with E-state index < -0.39 is 6.10 Å². The van der Waals surface area contributed by atoms with Crippen molar-refractivity contribution in [3.8, 4) is 0 Å². The van der Waals surface area contributed by atoms with Crippen LogP contribution in [0.1, 0.15) is 129 Å². The maximum atomic E-state index is 12.1. The zero-order valence-corrected chi connectivity index (χ0v) is 26.7. The van der Waals surface area contributed by atoms with Crippen LogP contribution in [0.4, 0.5) is 0 Å². The average molecular weight is 585 g/mol. The maximum absolute atomic E-state index is 12.1. The van der Waals surface area contributed by atoms with E-state index in [1.54, 1.807) is 0 Å². The molecule has 42 heavy (non-hydrogen) atoms. The summed E-state index contributed by atoms with van der Waals surface area (Å²) in [5, 5.41) is 9.49. The molecule has 1 unspecified atom stereocenters. The lowest BCUT2D eigenvalue weighted by Gasteiger charge is -2.15. The van der Waals surface area contributed by atoms with Crippen LogP contribution in [0.15, 0.2) is 72.9 Å². The molecule has 0 amide bonds. The summed E-state index contributed by atoms with van der Waals surface area (Å²) in [6, 6.07) is 0. The highest BCUT2D eigenvalue weighted by Gasteiger charge is 2.15. The molecule has 1 atom stereocenters. The fourth-order valence-electron chi connectivity index (χ4n) is 3.98. The van der Waals surface area contributed by atoms with E-state index in [9.17, 15) is 14.7 Å². The molecule has 0 saturated heterocycles. The first-order chi connectivity index (χ1) is 20.6. The summed E-state index contributed by atoms with van der Waals surface area (Å²) in [5.74, 6) is -0.681. The van der Waals surface area contributed by atoms with Crippen LogP contribution in [0.5, 0.6) is 0 Å². The molecule has 238 valence electrons. The molecule has 0 aromatic carbocycles. The smallest absolute Gasteiger partial charge is 0.306 e. The average Bonchev–Trinajstić information content (AvgIpc) is 2.99. The second-order valence-electron chi connectivity index (χ2n) is 10.5. The molecule has 0 aromatic rings. The van der Waals surface area contributed by atoms with Gasteiger partial charge in [0.1, 0.15) is 6.61 Å². The number of ether oxygens (including phenoxy) is 2. The molecular formula is C37H60O5. The fraction of sp³-hybridized carbons (Fsp3) is 0.622. The second kappa shape index (κ2) is 32.8. The van der Waals surface area contributed by atoms with Gasteiger partial charge in [0.15, 0.2) is 6.10 Å². The van der Waals surface area contributed by atoms with Gasteiger partial charge in [0.05, 0.1) is 6.61 Å². The molecule has 0 saturated carbocycles. The molecule has 0 bridgehead atoms. The summed E-state index contributed by atoms with van der Waals surface area (Å²) >= 11 is 0. The molecular weight excluding hydrogens is 524 g/mol. The molecule has 0 spiro atoms. The van der Waals surface area contributed by atoms with Gasteiger partial charge in [0, 0.05) is 12.8 Å². The van der Waals surface area contributed by atoms with Crippen LogP contribution in [0, 0.1) is 0 Å². The summed E-state index contributed by atoms with van der Waals surface area (Å²) in [6.07, 6.45) is 42.4. The van der Waals surface area contributed by atoms with E-state index in [4.69, 9.17) is 9.47 Å². The summed E-state index contributed by atoms with van der Waals surface area (Å²) in [4.78, 5) is 24.1. The number of hydrogen-bond acceptors (Lipinski definition) is 5. The minimum atomic E-state index is -0.805. The molecule has 5 heteroatoms. The van der Waals surface area contributed by atoms with Gasteiger partial charge in [-0.1, -0.05) is 119 Å². The van der Waals surface area contributed by atoms with Gasteiger partial charge in [-0.25, -0.2) is 0 Å². The van der Waals surface area contributed by atoms with E-state index in [0.717, 1.165) is 64.2 Å². The maximum Gasteiger partial charge on any atom is 0.306 e. The Kier molecular flexibility index (Phi) is 30.8. The first kappa shape index (κ1) is 39.3. The summed E-state index contributed by atoms with van der Waals surface area (Å²) < 4.78 is 10.5. The number of aliphatic hydroxyl groups is 1. The standard InChI is InChI=1S/C37H60O5/c1-3-5-7-9-11-13-15-16-17-18-19-20-22-24-26-28-30-32-37(40)42-35(33-38)34-41-36(39)31-29-27-25-23-21-14-12-10-8-6-4-2/h5,7,10-13,16-17,19-20,24,26,35,38H,3-4,6,8-9,14-15,18,21-23,25,27-34H2,1-2H3/b7-5-,12-10-,13-11-,17-16-,20-19-,26-24-. The second-order valence-corrected chi connectivity index (χ2v) is 10.5. The Morgan fingerprint density at radius 3 is 1.64 bits per heavy atom. The number of aliphatic hydroxyl groups excluding tert-OH is 1. The van der Waals surface area contributed by atoms with Crippen LogP contribution in [0.25, 0.3) is 0 Å². The highest BCUT2D eigenvalue weighted by molar-refractivity contribution is 5.70. The van der Waals surface area contributed by atoms with Crippen LogP contribution < -0.4 is 0 Å². The first-order valence-electron chi connectivity index (χ1n) is 16.5. The molecule has 0 aromatic heterocycles. The van der Waals surface area contributed by atoms with Gasteiger partial charge in [-0.15, -0.1) is 0 Å². The molecule has 0 aliphatic carbocycles. The lowest BCUT2D eigenvalue weighted by atomic mass is 10.1. The van der Waals surface area contributed by atoms with E-state index in [1.807, 2.05) is 0 Å². The quantitative estimate of drug-likeness (QED) is 0.0563. The van der Waals surface area contributed by atoms with Crippen LogP contribution in [0.2, 0.25) is 0 Å². The molecule has 0 radical (unpaired) electrons. The molecule has 0 fully saturated rings. The lowest BCUT2D eigenvalue weighted by Crippen LogP contribution is -2.28. The van der Waals surface area contributed by atoms with Crippen molar-refractivity contribution in [1.29, 1.82) is 0 Å². The Balaban J connectivity index is 3.76. The van der Waals surface area contributed by atoms with Gasteiger partial charge < -0.3 is 14.6 Å². The molecule has 1 N–H and O–H groups in total. The van der Waals surface area contributed by atoms with Crippen molar-refractivity contribution in [3.63, 3.8) is 0 Å². The Hall–Kier alpha value is -2.66. The highest BCUT2D eigenvalue weighted by atomic mass is 16.6. The monoisotopic (exact) mass is 584 g/mol. The molecule has 0 heterocycles. The minimum Gasteiger partial charge on any atom is -0.462 e. The third-order valence-corrected chi connectivity index (χ3v) is 6.48. The van der Waals surface area contributed by atoms with Gasteiger partial charge in [-0.3, -0.25) is 9.59 Å². The molecule has 0 aliphatic rings. The van der Waals surface area contributed by atoms with Gasteiger partial charge in [-0.05, 0) is 70.6 Å². The summed E-state index contributed by atoms with van der Waals surface area (Å²) in [7, 11) is 0. The SMILES string of the molecule is CC/C=C\C/C=C\C/C=C\C/C=C\C/C=C\CCCC(=O)OC(CO)COC(=O)CCCCCCC/C=C\CCCC. The summed E-state index contributed by atoms with van der Waals surface area (Å²) in [6.45, 7) is 3.89. The Morgan fingerprint density at radius 2 is 1.05 bits per heavy atom. The first-order valence-corrected chi connectivity index (χ1v) is 16.5. The third-order valence-electron chi connectivity index (χ3n) is 6.48. The molecule has 0 rings (SSSR count). The van der Waals surface area contributed by atoms with Crippen LogP contribution >= 0.6 is 0 Å². The fourth-order valence-corrected chi connectivity index (χ4v) is 3.98. The van der Waals surface area contributed by atoms with Crippen LogP contribution in [0.3, 0.4) is 0 Å². The Bertz CT molecular complexity index is 803. The highest BCUT2D eigenvalue weighted by Crippen LogP contribution is 2.09. The number of hydrogen-bond donors (Lipinski definition) is 1. The topological polar surface area (TPSA) is 72.8 Å². The normalized spacial score (nSPS) is 13.1. The Labute approximate surface area is 257 Å². The predicted octanol–water partition coefficient (Wildman–Crippen LogP) is 9.83. The van der Waals surface area contributed by atoms with E-state index >= 15 is 0 Å². The van der Waals surface area contributed by atoms with Crippen LogP contribution in [-0.4, -0.2) is 36.4 Å². The van der Waals surface area contributed by atoms with Crippen LogP contribution in [-0.2, 0) is 19.1 Å². The number of carbonyl (C=O) groups is 2. The third kappa shape index (κ3) is 30.3. The van der Waals surface area contributed by atoms with E-state index in [2.05, 4.69) is 86.8 Å². The lowest BCUT2D eigenvalue weighted by molar-refractivity contribution is -0.161. The number of allylic oxidation sites excluding steroid dienone is 12. The van der Waals surface area contributed by atoms with Crippen molar-refractivity contribution >= 4 is 11.9 Å². The number of unbranched alkanes of at least 4 members (excludes halogenated alkanes) is 8. The van der Waals surface area contributed by atoms with Gasteiger partial charge in [0.2, 0.25) is 0 Å². The van der Waals surface area contributed by atoms with Crippen molar-refractivity contribution in [3.05, 3.63) is 72.9 Å². The predicted molar refractivity (Wildman–Crippen MR) is 177 cm³/mol. The van der Waals surface area contributed by atoms with E-state index in [-0.39, 0.29) is 31.6 Å². The van der Waals surface area contributed by atoms with Gasteiger partial charge in [0.25, 0.3) is 0 Å². The van der Waals surface area contributed by atoms with Gasteiger partial charge in [-0.2, -0.15) is 0 Å².